The SMILES string of the molecule is CCNC(=O)c1ccc2ncccc2c1. The number of rotatable bonds is 2. The molecule has 0 spiro atoms. The van der Waals surface area contributed by atoms with E-state index in [0.29, 0.717) is 12.1 Å². The lowest BCUT2D eigenvalue weighted by molar-refractivity contribution is 0.0956. The van der Waals surface area contributed by atoms with Crippen molar-refractivity contribution in [1.29, 1.82) is 0 Å². The monoisotopic (exact) mass is 200 g/mol. The largest absolute Gasteiger partial charge is 0.352 e. The van der Waals surface area contributed by atoms with Gasteiger partial charge in [-0.15, -0.1) is 0 Å². The van der Waals surface area contributed by atoms with Crippen LogP contribution in [0.2, 0.25) is 0 Å². The third kappa shape index (κ3) is 1.96. The van der Waals surface area contributed by atoms with Crippen molar-refractivity contribution in [2.45, 2.75) is 6.92 Å². The zero-order valence-electron chi connectivity index (χ0n) is 8.53. The van der Waals surface area contributed by atoms with Crippen LogP contribution in [0.3, 0.4) is 0 Å². The molecule has 3 nitrogen and oxygen atoms in total. The normalized spacial score (nSPS) is 10.2. The predicted molar refractivity (Wildman–Crippen MR) is 59.8 cm³/mol. The van der Waals surface area contributed by atoms with Crippen LogP contribution in [0.5, 0.6) is 0 Å². The van der Waals surface area contributed by atoms with E-state index in [1.165, 1.54) is 0 Å². The van der Waals surface area contributed by atoms with Crippen molar-refractivity contribution in [3.05, 3.63) is 42.1 Å². The van der Waals surface area contributed by atoms with E-state index >= 15 is 0 Å². The summed E-state index contributed by atoms with van der Waals surface area (Å²) in [6, 6.07) is 9.32. The Morgan fingerprint density at radius 3 is 3.07 bits per heavy atom. The fourth-order valence-corrected chi connectivity index (χ4v) is 1.48. The van der Waals surface area contributed by atoms with E-state index in [9.17, 15) is 4.79 Å². The molecule has 0 radical (unpaired) electrons. The van der Waals surface area contributed by atoms with Gasteiger partial charge in [-0.1, -0.05) is 6.07 Å². The summed E-state index contributed by atoms with van der Waals surface area (Å²) in [6.45, 7) is 2.55. The molecule has 1 amide bonds. The molecule has 2 rings (SSSR count). The molecular formula is C12H12N2O. The van der Waals surface area contributed by atoms with Gasteiger partial charge < -0.3 is 5.32 Å². The molecule has 0 bridgehead atoms. The molecule has 1 aromatic carbocycles. The Bertz CT molecular complexity index is 494. The number of nitrogens with one attached hydrogen (secondary N) is 1. The number of carbonyl (C=O) groups is 1. The summed E-state index contributed by atoms with van der Waals surface area (Å²) >= 11 is 0. The molecule has 0 saturated heterocycles. The summed E-state index contributed by atoms with van der Waals surface area (Å²) in [4.78, 5) is 15.8. The van der Waals surface area contributed by atoms with Crippen LogP contribution in [0, 0.1) is 0 Å². The van der Waals surface area contributed by atoms with Gasteiger partial charge in [0, 0.05) is 23.7 Å². The molecule has 0 aliphatic rings. The molecule has 0 aliphatic heterocycles. The van der Waals surface area contributed by atoms with Gasteiger partial charge in [0.2, 0.25) is 0 Å². The molecule has 2 aromatic rings. The van der Waals surface area contributed by atoms with Crippen LogP contribution < -0.4 is 5.32 Å². The summed E-state index contributed by atoms with van der Waals surface area (Å²) < 4.78 is 0. The van der Waals surface area contributed by atoms with Gasteiger partial charge in [0.15, 0.2) is 0 Å². The maximum Gasteiger partial charge on any atom is 0.251 e. The van der Waals surface area contributed by atoms with Crippen LogP contribution in [0.15, 0.2) is 36.5 Å². The second-order valence-electron chi connectivity index (χ2n) is 3.27. The molecule has 1 aromatic heterocycles. The minimum absolute atomic E-state index is 0.0387. The first-order chi connectivity index (χ1) is 7.31. The zero-order valence-corrected chi connectivity index (χ0v) is 8.53. The molecule has 3 heteroatoms. The molecule has 76 valence electrons. The highest BCUT2D eigenvalue weighted by Gasteiger charge is 2.04. The molecule has 15 heavy (non-hydrogen) atoms. The Labute approximate surface area is 88.1 Å². The van der Waals surface area contributed by atoms with Gasteiger partial charge in [-0.2, -0.15) is 0 Å². The fourth-order valence-electron chi connectivity index (χ4n) is 1.48. The molecule has 1 N–H and O–H groups in total. The fraction of sp³-hybridized carbons (Fsp3) is 0.167. The van der Waals surface area contributed by atoms with Crippen molar-refractivity contribution in [2.75, 3.05) is 6.54 Å². The van der Waals surface area contributed by atoms with Gasteiger partial charge in [-0.25, -0.2) is 0 Å². The number of fused-ring (bicyclic) bond motifs is 1. The van der Waals surface area contributed by atoms with Crippen LogP contribution in [-0.4, -0.2) is 17.4 Å². The predicted octanol–water partition coefficient (Wildman–Crippen LogP) is 1.98. The summed E-state index contributed by atoms with van der Waals surface area (Å²) in [7, 11) is 0. The second-order valence-corrected chi connectivity index (χ2v) is 3.27. The maximum absolute atomic E-state index is 11.6. The molecule has 1 heterocycles. The van der Waals surface area contributed by atoms with Crippen LogP contribution in [0.25, 0.3) is 10.9 Å². The Morgan fingerprint density at radius 1 is 1.40 bits per heavy atom. The Kier molecular flexibility index (Phi) is 2.63. The molecule has 0 aliphatic carbocycles. The van der Waals surface area contributed by atoms with E-state index in [4.69, 9.17) is 0 Å². The van der Waals surface area contributed by atoms with E-state index in [-0.39, 0.29) is 5.91 Å². The number of benzene rings is 1. The van der Waals surface area contributed by atoms with Crippen LogP contribution in [0.4, 0.5) is 0 Å². The lowest BCUT2D eigenvalue weighted by Crippen LogP contribution is -2.22. The number of carbonyl (C=O) groups excluding carboxylic acids is 1. The third-order valence-electron chi connectivity index (χ3n) is 2.20. The third-order valence-corrected chi connectivity index (χ3v) is 2.20. The topological polar surface area (TPSA) is 42.0 Å². The summed E-state index contributed by atoms with van der Waals surface area (Å²) in [5.74, 6) is -0.0387. The summed E-state index contributed by atoms with van der Waals surface area (Å²) in [5, 5.41) is 3.75. The quantitative estimate of drug-likeness (QED) is 0.805. The van der Waals surface area contributed by atoms with Crippen molar-refractivity contribution in [3.63, 3.8) is 0 Å². The van der Waals surface area contributed by atoms with Gasteiger partial charge in [0.25, 0.3) is 5.91 Å². The van der Waals surface area contributed by atoms with E-state index in [1.807, 2.05) is 31.2 Å². The Hall–Kier alpha value is -1.90. The first-order valence-electron chi connectivity index (χ1n) is 4.94. The minimum atomic E-state index is -0.0387. The standard InChI is InChI=1S/C12H12N2O/c1-2-13-12(15)10-5-6-11-9(8-10)4-3-7-14-11/h3-8H,2H2,1H3,(H,13,15). The van der Waals surface area contributed by atoms with Gasteiger partial charge in [0.05, 0.1) is 5.52 Å². The van der Waals surface area contributed by atoms with E-state index in [1.54, 1.807) is 12.3 Å². The number of amides is 1. The highest BCUT2D eigenvalue weighted by molar-refractivity contribution is 5.97. The average Bonchev–Trinajstić information content (AvgIpc) is 2.29. The first-order valence-corrected chi connectivity index (χ1v) is 4.94. The molecule has 0 atom stereocenters. The summed E-state index contributed by atoms with van der Waals surface area (Å²) in [6.07, 6.45) is 1.74. The second kappa shape index (κ2) is 4.09. The number of hydrogen-bond acceptors (Lipinski definition) is 2. The summed E-state index contributed by atoms with van der Waals surface area (Å²) in [5.41, 5.74) is 1.59. The van der Waals surface area contributed by atoms with Gasteiger partial charge in [-0.3, -0.25) is 9.78 Å². The zero-order chi connectivity index (χ0) is 10.7. The Morgan fingerprint density at radius 2 is 2.27 bits per heavy atom. The number of aromatic nitrogens is 1. The maximum atomic E-state index is 11.6. The van der Waals surface area contributed by atoms with Crippen LogP contribution in [-0.2, 0) is 0 Å². The van der Waals surface area contributed by atoms with E-state index in [0.717, 1.165) is 10.9 Å². The number of hydrogen-bond donors (Lipinski definition) is 1. The van der Waals surface area contributed by atoms with Crippen molar-refractivity contribution >= 4 is 16.8 Å². The van der Waals surface area contributed by atoms with Gasteiger partial charge in [-0.05, 0) is 31.2 Å². The first kappa shape index (κ1) is 9.65. The van der Waals surface area contributed by atoms with E-state index < -0.39 is 0 Å². The lowest BCUT2D eigenvalue weighted by Gasteiger charge is -2.03. The van der Waals surface area contributed by atoms with Gasteiger partial charge >= 0.3 is 0 Å². The molecule has 0 saturated carbocycles. The number of nitrogens with zero attached hydrogens (tertiary/aromatic N) is 1. The number of pyridine rings is 1. The molecular weight excluding hydrogens is 188 g/mol. The highest BCUT2D eigenvalue weighted by atomic mass is 16.1. The van der Waals surface area contributed by atoms with Crippen LogP contribution >= 0.6 is 0 Å². The van der Waals surface area contributed by atoms with Crippen molar-refractivity contribution in [3.8, 4) is 0 Å². The highest BCUT2D eigenvalue weighted by Crippen LogP contribution is 2.12. The average molecular weight is 200 g/mol. The molecule has 0 fully saturated rings. The van der Waals surface area contributed by atoms with Crippen molar-refractivity contribution in [1.82, 2.24) is 10.3 Å². The van der Waals surface area contributed by atoms with Crippen molar-refractivity contribution in [2.24, 2.45) is 0 Å². The Balaban J connectivity index is 2.42. The van der Waals surface area contributed by atoms with Gasteiger partial charge in [0.1, 0.15) is 0 Å². The van der Waals surface area contributed by atoms with Crippen LogP contribution in [0.1, 0.15) is 17.3 Å². The lowest BCUT2D eigenvalue weighted by atomic mass is 10.1. The molecule has 0 unspecified atom stereocenters. The minimum Gasteiger partial charge on any atom is -0.352 e. The van der Waals surface area contributed by atoms with E-state index in [2.05, 4.69) is 10.3 Å². The van der Waals surface area contributed by atoms with Crippen molar-refractivity contribution < 1.29 is 4.79 Å². The smallest absolute Gasteiger partial charge is 0.251 e.